The first-order valence-corrected chi connectivity index (χ1v) is 6.93. The fourth-order valence-electron chi connectivity index (χ4n) is 1.79. The molecule has 23 heavy (non-hydrogen) atoms. The minimum atomic E-state index is -0.491. The molecule has 0 aromatic heterocycles. The molecule has 0 spiro atoms. The molecule has 0 unspecified atom stereocenters. The summed E-state index contributed by atoms with van der Waals surface area (Å²) in [5, 5.41) is 0. The van der Waals surface area contributed by atoms with Crippen molar-refractivity contribution >= 4 is 12.0 Å². The molecule has 2 aromatic rings. The Hall–Kier alpha value is -3.06. The monoisotopic (exact) mass is 310 g/mol. The molecule has 0 aliphatic carbocycles. The number of carbonyl (C=O) groups is 1. The third-order valence-electron chi connectivity index (χ3n) is 2.88. The number of terminal acetylenes is 1. The Balaban J connectivity index is 1.88. The Morgan fingerprint density at radius 1 is 1.22 bits per heavy atom. The number of rotatable bonds is 6. The fraction of sp³-hybridized carbons (Fsp3) is 0.105. The summed E-state index contributed by atoms with van der Waals surface area (Å²) in [7, 11) is 0. The van der Waals surface area contributed by atoms with Gasteiger partial charge in [-0.2, -0.15) is 0 Å². The molecule has 0 atom stereocenters. The van der Waals surface area contributed by atoms with E-state index in [-0.39, 0.29) is 19.0 Å². The molecule has 0 bridgehead atoms. The second kappa shape index (κ2) is 8.40. The van der Waals surface area contributed by atoms with Gasteiger partial charge >= 0.3 is 5.97 Å². The number of hydrogen-bond acceptors (Lipinski definition) is 3. The fourth-order valence-corrected chi connectivity index (χ4v) is 1.79. The van der Waals surface area contributed by atoms with Crippen LogP contribution in [0.5, 0.6) is 5.75 Å². The van der Waals surface area contributed by atoms with Crippen LogP contribution in [0.15, 0.2) is 54.6 Å². The zero-order valence-corrected chi connectivity index (χ0v) is 12.4. The number of esters is 1. The van der Waals surface area contributed by atoms with Gasteiger partial charge in [-0.3, -0.25) is 0 Å². The van der Waals surface area contributed by atoms with Crippen LogP contribution in [0.3, 0.4) is 0 Å². The summed E-state index contributed by atoms with van der Waals surface area (Å²) >= 11 is 0. The molecule has 0 saturated carbocycles. The third kappa shape index (κ3) is 5.68. The molecule has 0 aliphatic rings. The van der Waals surface area contributed by atoms with E-state index in [0.29, 0.717) is 5.75 Å². The minimum Gasteiger partial charge on any atom is -0.489 e. The van der Waals surface area contributed by atoms with Crippen molar-refractivity contribution in [1.29, 1.82) is 0 Å². The molecule has 0 heterocycles. The first-order chi connectivity index (χ1) is 11.2. The minimum absolute atomic E-state index is 0.0456. The Morgan fingerprint density at radius 2 is 2.00 bits per heavy atom. The quantitative estimate of drug-likeness (QED) is 0.465. The number of carbonyl (C=O) groups excluding carboxylic acids is 1. The molecule has 0 aliphatic heterocycles. The summed E-state index contributed by atoms with van der Waals surface area (Å²) in [6, 6.07) is 13.4. The van der Waals surface area contributed by atoms with Gasteiger partial charge in [0.05, 0.1) is 0 Å². The highest BCUT2D eigenvalue weighted by molar-refractivity contribution is 5.87. The summed E-state index contributed by atoms with van der Waals surface area (Å²) in [6.45, 7) is 0.237. The van der Waals surface area contributed by atoms with Gasteiger partial charge < -0.3 is 9.47 Å². The second-order valence-electron chi connectivity index (χ2n) is 4.63. The lowest BCUT2D eigenvalue weighted by Gasteiger charge is -2.06. The van der Waals surface area contributed by atoms with Crippen molar-refractivity contribution in [3.05, 3.63) is 71.6 Å². The van der Waals surface area contributed by atoms with Crippen LogP contribution < -0.4 is 4.74 Å². The normalized spacial score (nSPS) is 10.3. The molecular weight excluding hydrogens is 295 g/mol. The maximum absolute atomic E-state index is 13.1. The number of halogens is 1. The van der Waals surface area contributed by atoms with Gasteiger partial charge in [0.15, 0.2) is 6.61 Å². The summed E-state index contributed by atoms with van der Waals surface area (Å²) < 4.78 is 23.4. The first kappa shape index (κ1) is 16.3. The molecule has 3 nitrogen and oxygen atoms in total. The van der Waals surface area contributed by atoms with E-state index >= 15 is 0 Å². The zero-order valence-electron chi connectivity index (χ0n) is 12.4. The molecular formula is C19H15FO3. The lowest BCUT2D eigenvalue weighted by molar-refractivity contribution is -0.136. The van der Waals surface area contributed by atoms with Crippen molar-refractivity contribution in [2.75, 3.05) is 6.61 Å². The van der Waals surface area contributed by atoms with Crippen LogP contribution in [0.4, 0.5) is 4.39 Å². The van der Waals surface area contributed by atoms with Crippen molar-refractivity contribution in [3.63, 3.8) is 0 Å². The Bertz CT molecular complexity index is 727. The zero-order chi connectivity index (χ0) is 16.5. The smallest absolute Gasteiger partial charge is 0.331 e. The predicted molar refractivity (Wildman–Crippen MR) is 86.0 cm³/mol. The Kier molecular flexibility index (Phi) is 5.96. The van der Waals surface area contributed by atoms with E-state index in [0.717, 1.165) is 11.1 Å². The maximum atomic E-state index is 13.1. The lowest BCUT2D eigenvalue weighted by Crippen LogP contribution is -1.99. The Morgan fingerprint density at radius 3 is 2.70 bits per heavy atom. The van der Waals surface area contributed by atoms with Gasteiger partial charge in [-0.15, -0.1) is 6.42 Å². The van der Waals surface area contributed by atoms with E-state index in [9.17, 15) is 9.18 Å². The molecule has 2 aromatic carbocycles. The summed E-state index contributed by atoms with van der Waals surface area (Å²) in [6.07, 6.45) is 7.92. The van der Waals surface area contributed by atoms with E-state index in [1.54, 1.807) is 42.5 Å². The molecule has 0 radical (unpaired) electrons. The molecule has 116 valence electrons. The predicted octanol–water partition coefficient (Wildman–Crippen LogP) is 3.59. The van der Waals surface area contributed by atoms with Crippen LogP contribution >= 0.6 is 0 Å². The van der Waals surface area contributed by atoms with Crippen LogP contribution in [0.25, 0.3) is 6.08 Å². The van der Waals surface area contributed by atoms with Gasteiger partial charge in [0.25, 0.3) is 0 Å². The maximum Gasteiger partial charge on any atom is 0.331 e. The van der Waals surface area contributed by atoms with Crippen LogP contribution in [-0.4, -0.2) is 12.6 Å². The first-order valence-electron chi connectivity index (χ1n) is 6.93. The van der Waals surface area contributed by atoms with Gasteiger partial charge in [0.1, 0.15) is 18.2 Å². The molecule has 4 heteroatoms. The van der Waals surface area contributed by atoms with Crippen molar-refractivity contribution in [3.8, 4) is 18.1 Å². The highest BCUT2D eigenvalue weighted by Crippen LogP contribution is 2.15. The summed E-state index contributed by atoms with van der Waals surface area (Å²) in [4.78, 5) is 11.3. The van der Waals surface area contributed by atoms with Crippen LogP contribution in [-0.2, 0) is 16.1 Å². The van der Waals surface area contributed by atoms with E-state index in [2.05, 4.69) is 5.92 Å². The SMILES string of the molecule is C#CCOC(=O)/C=C/c1ccc(OCc2cccc(F)c2)cc1. The number of benzene rings is 2. The molecule has 0 fully saturated rings. The third-order valence-corrected chi connectivity index (χ3v) is 2.88. The average Bonchev–Trinajstić information content (AvgIpc) is 2.57. The molecule has 0 saturated heterocycles. The van der Waals surface area contributed by atoms with Crippen molar-refractivity contribution < 1.29 is 18.7 Å². The highest BCUT2D eigenvalue weighted by Gasteiger charge is 1.99. The largest absolute Gasteiger partial charge is 0.489 e. The van der Waals surface area contributed by atoms with Gasteiger partial charge in [-0.1, -0.05) is 30.2 Å². The van der Waals surface area contributed by atoms with Crippen LogP contribution in [0.1, 0.15) is 11.1 Å². The lowest BCUT2D eigenvalue weighted by atomic mass is 10.2. The van der Waals surface area contributed by atoms with Gasteiger partial charge in [-0.25, -0.2) is 9.18 Å². The number of hydrogen-bond donors (Lipinski definition) is 0. The van der Waals surface area contributed by atoms with Crippen molar-refractivity contribution in [2.45, 2.75) is 6.61 Å². The van der Waals surface area contributed by atoms with E-state index in [1.807, 2.05) is 0 Å². The Labute approximate surface area is 134 Å². The van der Waals surface area contributed by atoms with E-state index < -0.39 is 5.97 Å². The summed E-state index contributed by atoms with van der Waals surface area (Å²) in [5.41, 5.74) is 1.57. The molecule has 0 amide bonds. The van der Waals surface area contributed by atoms with Gasteiger partial charge in [-0.05, 0) is 41.5 Å². The average molecular weight is 310 g/mol. The number of ether oxygens (including phenoxy) is 2. The van der Waals surface area contributed by atoms with Crippen molar-refractivity contribution in [2.24, 2.45) is 0 Å². The summed E-state index contributed by atoms with van der Waals surface area (Å²) in [5.74, 6) is 2.09. The van der Waals surface area contributed by atoms with Crippen LogP contribution in [0, 0.1) is 18.2 Å². The van der Waals surface area contributed by atoms with E-state index in [1.165, 1.54) is 18.2 Å². The topological polar surface area (TPSA) is 35.5 Å². The second-order valence-corrected chi connectivity index (χ2v) is 4.63. The van der Waals surface area contributed by atoms with E-state index in [4.69, 9.17) is 15.9 Å². The van der Waals surface area contributed by atoms with Gasteiger partial charge in [0, 0.05) is 6.08 Å². The van der Waals surface area contributed by atoms with Crippen LogP contribution in [0.2, 0.25) is 0 Å². The highest BCUT2D eigenvalue weighted by atomic mass is 19.1. The molecule has 0 N–H and O–H groups in total. The van der Waals surface area contributed by atoms with Crippen molar-refractivity contribution in [1.82, 2.24) is 0 Å². The molecule has 2 rings (SSSR count). The van der Waals surface area contributed by atoms with Gasteiger partial charge in [0.2, 0.25) is 0 Å². The standard InChI is InChI=1S/C19H15FO3/c1-2-12-22-19(21)11-8-15-6-9-18(10-7-15)23-14-16-4-3-5-17(20)13-16/h1,3-11,13H,12,14H2/b11-8+.